The van der Waals surface area contributed by atoms with E-state index in [0.717, 1.165) is 6.54 Å². The van der Waals surface area contributed by atoms with Gasteiger partial charge in [-0.15, -0.1) is 0 Å². The molecule has 84 valence electrons. The molecule has 0 N–H and O–H groups in total. The largest absolute Gasteiger partial charge is 0.348 e. The highest BCUT2D eigenvalue weighted by Crippen LogP contribution is 2.33. The highest BCUT2D eigenvalue weighted by molar-refractivity contribution is 4.86. The van der Waals surface area contributed by atoms with Gasteiger partial charge in [0.25, 0.3) is 0 Å². The Labute approximate surface area is 87.4 Å². The van der Waals surface area contributed by atoms with Crippen molar-refractivity contribution in [1.82, 2.24) is 4.90 Å². The Morgan fingerprint density at radius 1 is 1.36 bits per heavy atom. The van der Waals surface area contributed by atoms with Crippen molar-refractivity contribution in [3.05, 3.63) is 0 Å². The summed E-state index contributed by atoms with van der Waals surface area (Å²) in [4.78, 5) is 2.19. The molecule has 1 fully saturated rings. The van der Waals surface area contributed by atoms with Crippen LogP contribution >= 0.6 is 0 Å². The number of hydrogen-bond acceptors (Lipinski definition) is 3. The van der Waals surface area contributed by atoms with Crippen LogP contribution in [0.15, 0.2) is 0 Å². The number of rotatable bonds is 3. The zero-order valence-corrected chi connectivity index (χ0v) is 10.3. The van der Waals surface area contributed by atoms with Gasteiger partial charge in [-0.3, -0.25) is 0 Å². The zero-order chi connectivity index (χ0) is 11.0. The molecule has 1 aliphatic rings. The maximum absolute atomic E-state index is 5.87. The average Bonchev–Trinajstić information content (AvgIpc) is 2.27. The summed E-state index contributed by atoms with van der Waals surface area (Å²) in [5, 5.41) is 0. The molecule has 14 heavy (non-hydrogen) atoms. The molecule has 1 saturated heterocycles. The summed E-state index contributed by atoms with van der Waals surface area (Å²) >= 11 is 0. The van der Waals surface area contributed by atoms with Gasteiger partial charge in [0.05, 0.1) is 12.7 Å². The van der Waals surface area contributed by atoms with E-state index in [1.807, 2.05) is 13.8 Å². The van der Waals surface area contributed by atoms with Crippen LogP contribution in [0.1, 0.15) is 27.7 Å². The second-order valence-electron chi connectivity index (χ2n) is 5.54. The average molecular weight is 201 g/mol. The quantitative estimate of drug-likeness (QED) is 0.694. The summed E-state index contributed by atoms with van der Waals surface area (Å²) < 4.78 is 11.4. The van der Waals surface area contributed by atoms with Gasteiger partial charge >= 0.3 is 0 Å². The number of nitrogens with zero attached hydrogens (tertiary/aromatic N) is 1. The van der Waals surface area contributed by atoms with Crippen molar-refractivity contribution in [1.29, 1.82) is 0 Å². The minimum Gasteiger partial charge on any atom is -0.348 e. The Morgan fingerprint density at radius 2 is 1.93 bits per heavy atom. The molecule has 1 unspecified atom stereocenters. The highest BCUT2D eigenvalue weighted by atomic mass is 16.7. The Bertz CT molecular complexity index is 199. The fourth-order valence-electron chi connectivity index (χ4n) is 1.99. The van der Waals surface area contributed by atoms with Crippen molar-refractivity contribution in [3.63, 3.8) is 0 Å². The molecule has 1 aliphatic heterocycles. The van der Waals surface area contributed by atoms with E-state index in [1.54, 1.807) is 0 Å². The molecule has 0 aromatic rings. The first-order chi connectivity index (χ1) is 6.23. The van der Waals surface area contributed by atoms with Crippen molar-refractivity contribution < 1.29 is 9.47 Å². The summed E-state index contributed by atoms with van der Waals surface area (Å²) in [7, 11) is 4.17. The first-order valence-corrected chi connectivity index (χ1v) is 5.19. The van der Waals surface area contributed by atoms with E-state index in [-0.39, 0.29) is 11.5 Å². The van der Waals surface area contributed by atoms with Crippen LogP contribution in [0.5, 0.6) is 0 Å². The molecule has 1 heterocycles. The fourth-order valence-corrected chi connectivity index (χ4v) is 1.99. The van der Waals surface area contributed by atoms with Gasteiger partial charge in [-0.1, -0.05) is 13.8 Å². The predicted molar refractivity (Wildman–Crippen MR) is 57.2 cm³/mol. The molecule has 0 saturated carbocycles. The molecule has 0 amide bonds. The van der Waals surface area contributed by atoms with E-state index in [0.29, 0.717) is 6.61 Å². The summed E-state index contributed by atoms with van der Waals surface area (Å²) in [6.45, 7) is 10.1. The van der Waals surface area contributed by atoms with Crippen LogP contribution in [0.3, 0.4) is 0 Å². The predicted octanol–water partition coefficient (Wildman–Crippen LogP) is 1.73. The van der Waals surface area contributed by atoms with Gasteiger partial charge in [0.15, 0.2) is 5.79 Å². The van der Waals surface area contributed by atoms with E-state index in [2.05, 4.69) is 32.8 Å². The standard InChI is InChI=1S/C11H23NO2/c1-10(2,8-12(5)6)9-7-13-11(3,4)14-9/h9H,7-8H2,1-6H3. The van der Waals surface area contributed by atoms with Crippen LogP contribution in [-0.4, -0.2) is 44.0 Å². The van der Waals surface area contributed by atoms with Gasteiger partial charge in [-0.2, -0.15) is 0 Å². The smallest absolute Gasteiger partial charge is 0.163 e. The van der Waals surface area contributed by atoms with Gasteiger partial charge < -0.3 is 14.4 Å². The Kier molecular flexibility index (Phi) is 3.24. The number of hydrogen-bond donors (Lipinski definition) is 0. The monoisotopic (exact) mass is 201 g/mol. The van der Waals surface area contributed by atoms with Crippen molar-refractivity contribution in [2.75, 3.05) is 27.2 Å². The number of ether oxygens (including phenoxy) is 2. The van der Waals surface area contributed by atoms with Crippen LogP contribution in [0.25, 0.3) is 0 Å². The lowest BCUT2D eigenvalue weighted by atomic mass is 9.86. The molecule has 1 rings (SSSR count). The minimum atomic E-state index is -0.408. The zero-order valence-electron chi connectivity index (χ0n) is 10.3. The van der Waals surface area contributed by atoms with Crippen LogP contribution < -0.4 is 0 Å². The summed E-state index contributed by atoms with van der Waals surface area (Å²) in [5.74, 6) is -0.408. The summed E-state index contributed by atoms with van der Waals surface area (Å²) in [5.41, 5.74) is 0.136. The highest BCUT2D eigenvalue weighted by Gasteiger charge is 2.41. The van der Waals surface area contributed by atoms with Crippen LogP contribution in [0, 0.1) is 5.41 Å². The third-order valence-electron chi connectivity index (χ3n) is 2.60. The van der Waals surface area contributed by atoms with Crippen molar-refractivity contribution in [2.45, 2.75) is 39.6 Å². The third kappa shape index (κ3) is 2.94. The van der Waals surface area contributed by atoms with Crippen molar-refractivity contribution in [3.8, 4) is 0 Å². The molecule has 0 aromatic heterocycles. The lowest BCUT2D eigenvalue weighted by molar-refractivity contribution is -0.152. The Morgan fingerprint density at radius 3 is 2.29 bits per heavy atom. The van der Waals surface area contributed by atoms with E-state index >= 15 is 0 Å². The molecule has 0 aromatic carbocycles. The molecule has 0 spiro atoms. The van der Waals surface area contributed by atoms with Gasteiger partial charge in [0.1, 0.15) is 0 Å². The molecule has 0 aliphatic carbocycles. The second-order valence-corrected chi connectivity index (χ2v) is 5.54. The molecular formula is C11H23NO2. The van der Waals surface area contributed by atoms with Crippen molar-refractivity contribution >= 4 is 0 Å². The lowest BCUT2D eigenvalue weighted by Gasteiger charge is -2.33. The molecule has 0 bridgehead atoms. The van der Waals surface area contributed by atoms with Crippen molar-refractivity contribution in [2.24, 2.45) is 5.41 Å². The van der Waals surface area contributed by atoms with Gasteiger partial charge in [-0.25, -0.2) is 0 Å². The van der Waals surface area contributed by atoms with E-state index in [1.165, 1.54) is 0 Å². The van der Waals surface area contributed by atoms with Crippen LogP contribution in [0.2, 0.25) is 0 Å². The fraction of sp³-hybridized carbons (Fsp3) is 1.00. The minimum absolute atomic E-state index is 0.136. The van der Waals surface area contributed by atoms with E-state index in [9.17, 15) is 0 Å². The van der Waals surface area contributed by atoms with Gasteiger partial charge in [-0.05, 0) is 27.9 Å². The lowest BCUT2D eigenvalue weighted by Crippen LogP contribution is -2.40. The maximum atomic E-state index is 5.87. The Hall–Kier alpha value is -0.120. The van der Waals surface area contributed by atoms with E-state index < -0.39 is 5.79 Å². The summed E-state index contributed by atoms with van der Waals surface area (Å²) in [6, 6.07) is 0. The van der Waals surface area contributed by atoms with Gasteiger partial charge in [0, 0.05) is 12.0 Å². The van der Waals surface area contributed by atoms with E-state index in [4.69, 9.17) is 9.47 Å². The normalized spacial score (nSPS) is 27.2. The first-order valence-electron chi connectivity index (χ1n) is 5.19. The SMILES string of the molecule is CN(C)CC(C)(C)C1COC(C)(C)O1. The summed E-state index contributed by atoms with van der Waals surface area (Å²) in [6.07, 6.45) is 0.194. The first kappa shape index (κ1) is 12.0. The molecule has 3 nitrogen and oxygen atoms in total. The molecule has 3 heteroatoms. The van der Waals surface area contributed by atoms with Crippen LogP contribution in [-0.2, 0) is 9.47 Å². The molecular weight excluding hydrogens is 178 g/mol. The van der Waals surface area contributed by atoms with Crippen LogP contribution in [0.4, 0.5) is 0 Å². The Balaban J connectivity index is 2.57. The third-order valence-corrected chi connectivity index (χ3v) is 2.60. The topological polar surface area (TPSA) is 21.7 Å². The molecule has 1 atom stereocenters. The second kappa shape index (κ2) is 3.80. The molecule has 0 radical (unpaired) electrons. The maximum Gasteiger partial charge on any atom is 0.163 e. The van der Waals surface area contributed by atoms with Gasteiger partial charge in [0.2, 0.25) is 0 Å².